The zero-order valence-electron chi connectivity index (χ0n) is 15.7. The van der Waals surface area contributed by atoms with E-state index in [9.17, 15) is 13.2 Å². The second-order valence-electron chi connectivity index (χ2n) is 7.58. The van der Waals surface area contributed by atoms with Crippen LogP contribution < -0.4 is 20.5 Å². The number of fused-ring (bicyclic) bond motifs is 1. The van der Waals surface area contributed by atoms with Crippen molar-refractivity contribution in [2.24, 2.45) is 5.92 Å². The number of hydrogen-bond acceptors (Lipinski definition) is 5. The van der Waals surface area contributed by atoms with Crippen molar-refractivity contribution in [3.63, 3.8) is 0 Å². The number of benzene rings is 1. The number of rotatable bonds is 5. The lowest BCUT2D eigenvalue weighted by Gasteiger charge is -2.29. The Morgan fingerprint density at radius 1 is 1.19 bits per heavy atom. The zero-order valence-corrected chi connectivity index (χ0v) is 16.5. The third-order valence-electron chi connectivity index (χ3n) is 5.26. The van der Waals surface area contributed by atoms with E-state index in [0.717, 1.165) is 17.7 Å². The van der Waals surface area contributed by atoms with E-state index in [2.05, 4.69) is 15.6 Å². The van der Waals surface area contributed by atoms with Gasteiger partial charge in [0.2, 0.25) is 15.9 Å². The van der Waals surface area contributed by atoms with E-state index in [1.807, 2.05) is 52.0 Å². The molecule has 144 valence electrons. The summed E-state index contributed by atoms with van der Waals surface area (Å²) in [5.41, 5.74) is 7.93. The minimum atomic E-state index is -3.68. The number of sulfonamides is 1. The number of carbonyl (C=O) groups is 1. The highest BCUT2D eigenvalue weighted by atomic mass is 32.2. The van der Waals surface area contributed by atoms with Crippen molar-refractivity contribution in [1.82, 2.24) is 15.6 Å². The summed E-state index contributed by atoms with van der Waals surface area (Å²) in [7, 11) is -3.68. The fourth-order valence-corrected chi connectivity index (χ4v) is 5.95. The Morgan fingerprint density at radius 3 is 2.42 bits per heavy atom. The van der Waals surface area contributed by atoms with E-state index in [1.54, 1.807) is 4.90 Å². The number of para-hydroxylation sites is 1. The molecule has 1 amide bonds. The molecule has 0 aliphatic carbocycles. The van der Waals surface area contributed by atoms with E-state index in [-0.39, 0.29) is 23.9 Å². The Labute approximate surface area is 155 Å². The van der Waals surface area contributed by atoms with Crippen LogP contribution in [0.5, 0.6) is 0 Å². The van der Waals surface area contributed by atoms with E-state index in [0.29, 0.717) is 6.54 Å². The molecule has 7 nitrogen and oxygen atoms in total. The van der Waals surface area contributed by atoms with Crippen LogP contribution in [0.3, 0.4) is 0 Å². The van der Waals surface area contributed by atoms with Gasteiger partial charge in [0.05, 0.1) is 0 Å². The predicted octanol–water partition coefficient (Wildman–Crippen LogP) is 0.773. The number of nitrogens with zero attached hydrogens (tertiary/aromatic N) is 1. The van der Waals surface area contributed by atoms with Gasteiger partial charge in [0.15, 0.2) is 0 Å². The zero-order chi connectivity index (χ0) is 19.1. The maximum Gasteiger partial charge on any atom is 0.245 e. The summed E-state index contributed by atoms with van der Waals surface area (Å²) in [5.74, 6) is -0.342. The second kappa shape index (κ2) is 7.26. The summed E-state index contributed by atoms with van der Waals surface area (Å²) in [5, 5.41) is -0.637. The fraction of sp³-hybridized carbons (Fsp3) is 0.611. The molecule has 0 aromatic heterocycles. The van der Waals surface area contributed by atoms with Gasteiger partial charge in [-0.3, -0.25) is 15.6 Å². The topological polar surface area (TPSA) is 90.5 Å². The SMILES string of the molecule is CC1NNC(C)C1S(=O)(=O)N[C@@H](C(=O)N1CCc2ccccc21)C(C)C. The Kier molecular flexibility index (Phi) is 5.39. The van der Waals surface area contributed by atoms with E-state index >= 15 is 0 Å². The number of carbonyl (C=O) groups excluding carboxylic acids is 1. The molecule has 2 aliphatic rings. The van der Waals surface area contributed by atoms with Crippen molar-refractivity contribution in [3.8, 4) is 0 Å². The van der Waals surface area contributed by atoms with Gasteiger partial charge in [0.25, 0.3) is 0 Å². The van der Waals surface area contributed by atoms with Crippen molar-refractivity contribution in [3.05, 3.63) is 29.8 Å². The number of nitrogens with one attached hydrogen (secondary N) is 3. The largest absolute Gasteiger partial charge is 0.310 e. The van der Waals surface area contributed by atoms with Crippen LogP contribution in [0, 0.1) is 5.92 Å². The maximum absolute atomic E-state index is 13.2. The van der Waals surface area contributed by atoms with Crippen molar-refractivity contribution < 1.29 is 13.2 Å². The molecule has 2 aliphatic heterocycles. The molecule has 3 rings (SSSR count). The highest BCUT2D eigenvalue weighted by Crippen LogP contribution is 2.29. The third-order valence-corrected chi connectivity index (χ3v) is 7.38. The van der Waals surface area contributed by atoms with Crippen LogP contribution >= 0.6 is 0 Å². The molecule has 1 fully saturated rings. The lowest BCUT2D eigenvalue weighted by atomic mass is 10.0. The summed E-state index contributed by atoms with van der Waals surface area (Å²) in [4.78, 5) is 14.9. The predicted molar refractivity (Wildman–Crippen MR) is 102 cm³/mol. The molecule has 0 spiro atoms. The number of anilines is 1. The normalized spacial score (nSPS) is 27.0. The quantitative estimate of drug-likeness (QED) is 0.702. The average molecular weight is 381 g/mol. The molecule has 3 atom stereocenters. The van der Waals surface area contributed by atoms with Gasteiger partial charge >= 0.3 is 0 Å². The van der Waals surface area contributed by atoms with Crippen molar-refractivity contribution >= 4 is 21.6 Å². The molecule has 26 heavy (non-hydrogen) atoms. The minimum Gasteiger partial charge on any atom is -0.310 e. The first-order valence-electron chi connectivity index (χ1n) is 9.14. The van der Waals surface area contributed by atoms with Gasteiger partial charge in [-0.15, -0.1) is 0 Å². The summed E-state index contributed by atoms with van der Waals surface area (Å²) < 4.78 is 28.6. The van der Waals surface area contributed by atoms with E-state index in [1.165, 1.54) is 0 Å². The summed E-state index contributed by atoms with van der Waals surface area (Å²) in [6.07, 6.45) is 0.796. The monoisotopic (exact) mass is 380 g/mol. The average Bonchev–Trinajstić information content (AvgIpc) is 3.15. The molecule has 0 radical (unpaired) electrons. The molecule has 1 aromatic rings. The molecule has 8 heteroatoms. The van der Waals surface area contributed by atoms with E-state index < -0.39 is 21.3 Å². The van der Waals surface area contributed by atoms with Crippen LogP contribution in [-0.2, 0) is 21.2 Å². The standard InChI is InChI=1S/C18H28N4O3S/c1-11(2)16(21-26(24,25)17-12(3)19-20-13(17)4)18(23)22-10-9-14-7-5-6-8-15(14)22/h5-8,11-13,16-17,19-21H,9-10H2,1-4H3/t12?,13?,16-,17?/m1/s1. The lowest BCUT2D eigenvalue weighted by molar-refractivity contribution is -0.121. The third kappa shape index (κ3) is 3.51. The van der Waals surface area contributed by atoms with E-state index in [4.69, 9.17) is 0 Å². The molecular weight excluding hydrogens is 352 g/mol. The Morgan fingerprint density at radius 2 is 1.81 bits per heavy atom. The lowest BCUT2D eigenvalue weighted by Crippen LogP contribution is -2.55. The van der Waals surface area contributed by atoms with Crippen LogP contribution in [0.15, 0.2) is 24.3 Å². The number of amides is 1. The van der Waals surface area contributed by atoms with Gasteiger partial charge in [-0.1, -0.05) is 32.0 Å². The van der Waals surface area contributed by atoms with Gasteiger partial charge in [0, 0.05) is 24.3 Å². The Bertz CT molecular complexity index is 770. The highest BCUT2D eigenvalue weighted by molar-refractivity contribution is 7.90. The molecule has 3 N–H and O–H groups in total. The summed E-state index contributed by atoms with van der Waals surface area (Å²) in [6, 6.07) is 6.52. The molecule has 1 saturated heterocycles. The molecule has 1 aromatic carbocycles. The summed E-state index contributed by atoms with van der Waals surface area (Å²) in [6.45, 7) is 7.96. The molecule has 2 heterocycles. The van der Waals surface area contributed by atoms with Crippen LogP contribution in [0.25, 0.3) is 0 Å². The van der Waals surface area contributed by atoms with Crippen molar-refractivity contribution in [2.75, 3.05) is 11.4 Å². The van der Waals surface area contributed by atoms with Crippen LogP contribution in [0.2, 0.25) is 0 Å². The molecule has 0 saturated carbocycles. The van der Waals surface area contributed by atoms with Crippen LogP contribution in [0.4, 0.5) is 5.69 Å². The number of hydrazine groups is 1. The Balaban J connectivity index is 1.83. The van der Waals surface area contributed by atoms with Gasteiger partial charge in [-0.05, 0) is 37.8 Å². The van der Waals surface area contributed by atoms with Gasteiger partial charge < -0.3 is 4.90 Å². The van der Waals surface area contributed by atoms with Gasteiger partial charge in [-0.2, -0.15) is 0 Å². The van der Waals surface area contributed by atoms with Crippen molar-refractivity contribution in [1.29, 1.82) is 0 Å². The molecular formula is C18H28N4O3S. The first-order valence-corrected chi connectivity index (χ1v) is 10.7. The molecule has 2 unspecified atom stereocenters. The second-order valence-corrected chi connectivity index (χ2v) is 9.45. The Hall–Kier alpha value is -1.48. The fourth-order valence-electron chi connectivity index (χ4n) is 3.86. The smallest absolute Gasteiger partial charge is 0.245 e. The minimum absolute atomic E-state index is 0.155. The van der Waals surface area contributed by atoms with Gasteiger partial charge in [-0.25, -0.2) is 13.1 Å². The molecule has 0 bridgehead atoms. The van der Waals surface area contributed by atoms with Gasteiger partial charge in [0.1, 0.15) is 11.3 Å². The van der Waals surface area contributed by atoms with Crippen LogP contribution in [0.1, 0.15) is 33.3 Å². The first-order chi connectivity index (χ1) is 12.2. The summed E-state index contributed by atoms with van der Waals surface area (Å²) >= 11 is 0. The first kappa shape index (κ1) is 19.3. The highest BCUT2D eigenvalue weighted by Gasteiger charge is 2.43. The maximum atomic E-state index is 13.2. The van der Waals surface area contributed by atoms with Crippen molar-refractivity contribution in [2.45, 2.75) is 57.5 Å². The number of hydrogen-bond donors (Lipinski definition) is 3. The van der Waals surface area contributed by atoms with Crippen LogP contribution in [-0.4, -0.2) is 44.2 Å².